The first kappa shape index (κ1) is 19.7. The monoisotopic (exact) mass is 298 g/mol. The summed E-state index contributed by atoms with van der Waals surface area (Å²) in [5.74, 6) is 6.33. The highest BCUT2D eigenvalue weighted by atomic mass is 28.4. The standard InChI is InChI=1S/C17H34O2Si/c1-7-13-16(18)14-11-9-8-10-12-15-19-20(5,6)17(2,3)4/h16,18H,7,10-15H2,1-6H3/t16-/m0/s1. The minimum absolute atomic E-state index is 0.170. The predicted molar refractivity (Wildman–Crippen MR) is 90.3 cm³/mol. The number of rotatable bonds is 8. The molecule has 0 fully saturated rings. The first-order valence-corrected chi connectivity index (χ1v) is 10.9. The highest BCUT2D eigenvalue weighted by molar-refractivity contribution is 6.74. The molecule has 2 nitrogen and oxygen atoms in total. The lowest BCUT2D eigenvalue weighted by atomic mass is 10.1. The van der Waals surface area contributed by atoms with Gasteiger partial charge in [0.2, 0.25) is 0 Å². The number of hydrogen-bond donors (Lipinski definition) is 1. The van der Waals surface area contributed by atoms with Gasteiger partial charge in [0.05, 0.1) is 6.10 Å². The summed E-state index contributed by atoms with van der Waals surface area (Å²) in [5, 5.41) is 9.86. The normalized spacial score (nSPS) is 13.8. The summed E-state index contributed by atoms with van der Waals surface area (Å²) in [6.07, 6.45) is 5.29. The van der Waals surface area contributed by atoms with Gasteiger partial charge in [-0.05, 0) is 37.4 Å². The van der Waals surface area contributed by atoms with E-state index in [2.05, 4.69) is 52.6 Å². The Hall–Kier alpha value is -0.303. The van der Waals surface area contributed by atoms with Gasteiger partial charge in [0.15, 0.2) is 8.32 Å². The Labute approximate surface area is 127 Å². The Morgan fingerprint density at radius 1 is 1.10 bits per heavy atom. The fourth-order valence-corrected chi connectivity index (χ4v) is 2.69. The van der Waals surface area contributed by atoms with Crippen molar-refractivity contribution in [3.8, 4) is 11.8 Å². The molecule has 0 spiro atoms. The predicted octanol–water partition coefficient (Wildman–Crippen LogP) is 4.73. The summed E-state index contributed by atoms with van der Waals surface area (Å²) in [7, 11) is -1.59. The number of hydrogen-bond acceptors (Lipinski definition) is 2. The average Bonchev–Trinajstić information content (AvgIpc) is 2.31. The first-order valence-electron chi connectivity index (χ1n) is 7.98. The lowest BCUT2D eigenvalue weighted by Gasteiger charge is -2.36. The second-order valence-electron chi connectivity index (χ2n) is 7.05. The minimum Gasteiger partial charge on any atom is -0.417 e. The molecule has 118 valence electrons. The lowest BCUT2D eigenvalue weighted by molar-refractivity contribution is 0.155. The summed E-state index contributed by atoms with van der Waals surface area (Å²) in [5.41, 5.74) is 0. The van der Waals surface area contributed by atoms with E-state index in [0.29, 0.717) is 0 Å². The molecule has 0 aliphatic rings. The molecule has 0 amide bonds. The van der Waals surface area contributed by atoms with Crippen LogP contribution in [0.15, 0.2) is 0 Å². The fraction of sp³-hybridized carbons (Fsp3) is 0.882. The summed E-state index contributed by atoms with van der Waals surface area (Å²) < 4.78 is 6.10. The van der Waals surface area contributed by atoms with Gasteiger partial charge in [-0.15, -0.1) is 11.8 Å². The smallest absolute Gasteiger partial charge is 0.191 e. The van der Waals surface area contributed by atoms with Crippen LogP contribution in [0.2, 0.25) is 18.1 Å². The molecule has 0 rings (SSSR count). The molecule has 0 aromatic rings. The highest BCUT2D eigenvalue weighted by Crippen LogP contribution is 2.36. The van der Waals surface area contributed by atoms with Crippen molar-refractivity contribution in [3.05, 3.63) is 0 Å². The molecule has 3 heteroatoms. The molecule has 0 heterocycles. The van der Waals surface area contributed by atoms with E-state index < -0.39 is 8.32 Å². The Morgan fingerprint density at radius 2 is 1.70 bits per heavy atom. The second-order valence-corrected chi connectivity index (χ2v) is 11.9. The highest BCUT2D eigenvalue weighted by Gasteiger charge is 2.36. The van der Waals surface area contributed by atoms with Gasteiger partial charge < -0.3 is 9.53 Å². The van der Waals surface area contributed by atoms with Gasteiger partial charge in [-0.3, -0.25) is 0 Å². The van der Waals surface area contributed by atoms with Crippen LogP contribution >= 0.6 is 0 Å². The van der Waals surface area contributed by atoms with Crippen LogP contribution in [0.1, 0.15) is 66.2 Å². The zero-order valence-corrected chi connectivity index (χ0v) is 15.4. The largest absolute Gasteiger partial charge is 0.417 e. The van der Waals surface area contributed by atoms with Crippen LogP contribution in [0.4, 0.5) is 0 Å². The van der Waals surface area contributed by atoms with Crippen molar-refractivity contribution in [3.63, 3.8) is 0 Å². The Morgan fingerprint density at radius 3 is 2.25 bits per heavy atom. The molecule has 20 heavy (non-hydrogen) atoms. The summed E-state index contributed by atoms with van der Waals surface area (Å²) in [4.78, 5) is 0. The van der Waals surface area contributed by atoms with Crippen LogP contribution in [-0.2, 0) is 4.43 Å². The SMILES string of the molecule is CCC[C@H](O)CCC#CCCCO[Si](C)(C)C(C)(C)C. The molecule has 0 radical (unpaired) electrons. The Kier molecular flexibility index (Phi) is 9.45. The molecule has 0 unspecified atom stereocenters. The zero-order valence-electron chi connectivity index (χ0n) is 14.4. The van der Waals surface area contributed by atoms with Crippen LogP contribution in [0.5, 0.6) is 0 Å². The number of unbranched alkanes of at least 4 members (excludes halogenated alkanes) is 1. The maximum atomic E-state index is 9.57. The van der Waals surface area contributed by atoms with Gasteiger partial charge in [-0.25, -0.2) is 0 Å². The van der Waals surface area contributed by atoms with Crippen molar-refractivity contribution in [2.75, 3.05) is 6.61 Å². The molecule has 0 aliphatic carbocycles. The van der Waals surface area contributed by atoms with Crippen LogP contribution < -0.4 is 0 Å². The Balaban J connectivity index is 3.68. The van der Waals surface area contributed by atoms with Crippen LogP contribution in [-0.4, -0.2) is 26.1 Å². The van der Waals surface area contributed by atoms with Gasteiger partial charge in [0.1, 0.15) is 0 Å². The molecular weight excluding hydrogens is 264 g/mol. The quantitative estimate of drug-likeness (QED) is 0.399. The minimum atomic E-state index is -1.59. The number of aliphatic hydroxyl groups is 1. The van der Waals surface area contributed by atoms with E-state index in [1.165, 1.54) is 0 Å². The average molecular weight is 299 g/mol. The first-order chi connectivity index (χ1) is 9.20. The molecule has 0 aromatic heterocycles. The van der Waals surface area contributed by atoms with Gasteiger partial charge in [-0.1, -0.05) is 34.1 Å². The van der Waals surface area contributed by atoms with E-state index in [4.69, 9.17) is 4.43 Å². The maximum absolute atomic E-state index is 9.57. The van der Waals surface area contributed by atoms with E-state index in [0.717, 1.165) is 45.1 Å². The molecule has 0 saturated heterocycles. The second kappa shape index (κ2) is 9.60. The molecule has 1 atom stereocenters. The van der Waals surface area contributed by atoms with Crippen LogP contribution in [0, 0.1) is 11.8 Å². The van der Waals surface area contributed by atoms with E-state index in [1.54, 1.807) is 0 Å². The van der Waals surface area contributed by atoms with Gasteiger partial charge >= 0.3 is 0 Å². The van der Waals surface area contributed by atoms with Crippen molar-refractivity contribution >= 4 is 8.32 Å². The van der Waals surface area contributed by atoms with Gasteiger partial charge in [0.25, 0.3) is 0 Å². The summed E-state index contributed by atoms with van der Waals surface area (Å²) >= 11 is 0. The topological polar surface area (TPSA) is 29.5 Å². The molecule has 0 saturated carbocycles. The van der Waals surface area contributed by atoms with Crippen LogP contribution in [0.25, 0.3) is 0 Å². The van der Waals surface area contributed by atoms with Gasteiger partial charge in [-0.2, -0.15) is 0 Å². The third kappa shape index (κ3) is 8.79. The summed E-state index contributed by atoms with van der Waals surface area (Å²) in [6.45, 7) is 14.3. The van der Waals surface area contributed by atoms with Crippen molar-refractivity contribution in [1.82, 2.24) is 0 Å². The van der Waals surface area contributed by atoms with E-state index in [9.17, 15) is 5.11 Å². The molecule has 1 N–H and O–H groups in total. The third-order valence-electron chi connectivity index (χ3n) is 4.06. The maximum Gasteiger partial charge on any atom is 0.191 e. The van der Waals surface area contributed by atoms with Crippen molar-refractivity contribution in [1.29, 1.82) is 0 Å². The van der Waals surface area contributed by atoms with Crippen molar-refractivity contribution in [2.45, 2.75) is 90.5 Å². The zero-order chi connectivity index (χ0) is 15.6. The fourth-order valence-electron chi connectivity index (χ4n) is 1.60. The lowest BCUT2D eigenvalue weighted by Crippen LogP contribution is -2.40. The third-order valence-corrected chi connectivity index (χ3v) is 8.60. The molecule has 0 bridgehead atoms. The number of aliphatic hydroxyl groups excluding tert-OH is 1. The van der Waals surface area contributed by atoms with E-state index in [1.807, 2.05) is 0 Å². The van der Waals surface area contributed by atoms with Crippen molar-refractivity contribution < 1.29 is 9.53 Å². The summed E-state index contributed by atoms with van der Waals surface area (Å²) in [6, 6.07) is 0. The van der Waals surface area contributed by atoms with E-state index >= 15 is 0 Å². The van der Waals surface area contributed by atoms with Crippen molar-refractivity contribution in [2.24, 2.45) is 0 Å². The van der Waals surface area contributed by atoms with E-state index in [-0.39, 0.29) is 11.1 Å². The molecule has 0 aliphatic heterocycles. The Bertz CT molecular complexity index is 307. The molecule has 0 aromatic carbocycles. The molecular formula is C17H34O2Si. The van der Waals surface area contributed by atoms with Crippen LogP contribution in [0.3, 0.4) is 0 Å². The van der Waals surface area contributed by atoms with Gasteiger partial charge in [0, 0.05) is 19.4 Å².